The average molecular weight is 171 g/mol. The van der Waals surface area contributed by atoms with Crippen LogP contribution in [0.5, 0.6) is 0 Å². The minimum Gasteiger partial charge on any atom is -0.394 e. The molecular formula is C10H21NO. The first kappa shape index (κ1) is 10.0. The molecule has 2 heteroatoms. The Hall–Kier alpha value is -0.0800. The first-order valence-corrected chi connectivity index (χ1v) is 5.11. The van der Waals surface area contributed by atoms with Crippen molar-refractivity contribution in [2.75, 3.05) is 13.2 Å². The molecule has 12 heavy (non-hydrogen) atoms. The summed E-state index contributed by atoms with van der Waals surface area (Å²) in [6.45, 7) is 5.61. The third-order valence-corrected chi connectivity index (χ3v) is 3.26. The standard InChI is InChI=1S/C10H21NO/c1-3-11-10(8-12)7-5-4-6-9(10)2/h9,11-12H,3-8H2,1-2H3. The maximum atomic E-state index is 9.38. The molecule has 1 aliphatic rings. The predicted molar refractivity (Wildman–Crippen MR) is 51.1 cm³/mol. The highest BCUT2D eigenvalue weighted by molar-refractivity contribution is 4.94. The Morgan fingerprint density at radius 3 is 2.75 bits per heavy atom. The van der Waals surface area contributed by atoms with E-state index < -0.39 is 0 Å². The van der Waals surface area contributed by atoms with Crippen molar-refractivity contribution >= 4 is 0 Å². The van der Waals surface area contributed by atoms with Crippen LogP contribution in [0.3, 0.4) is 0 Å². The topological polar surface area (TPSA) is 32.3 Å². The van der Waals surface area contributed by atoms with Gasteiger partial charge in [0.1, 0.15) is 0 Å². The van der Waals surface area contributed by atoms with Crippen LogP contribution in [0.4, 0.5) is 0 Å². The molecule has 72 valence electrons. The minimum absolute atomic E-state index is 0.0347. The van der Waals surface area contributed by atoms with E-state index in [1.807, 2.05) is 0 Å². The number of rotatable bonds is 3. The molecule has 2 atom stereocenters. The number of nitrogens with one attached hydrogen (secondary N) is 1. The van der Waals surface area contributed by atoms with E-state index in [0.29, 0.717) is 12.5 Å². The molecule has 0 radical (unpaired) electrons. The molecule has 0 aromatic carbocycles. The summed E-state index contributed by atoms with van der Waals surface area (Å²) in [5.74, 6) is 0.621. The molecule has 0 aromatic rings. The lowest BCUT2D eigenvalue weighted by molar-refractivity contribution is 0.0764. The first-order chi connectivity index (χ1) is 5.75. The van der Waals surface area contributed by atoms with Crippen LogP contribution in [0.25, 0.3) is 0 Å². The van der Waals surface area contributed by atoms with Crippen LogP contribution >= 0.6 is 0 Å². The maximum absolute atomic E-state index is 9.38. The Balaban J connectivity index is 2.60. The van der Waals surface area contributed by atoms with Crippen LogP contribution in [-0.4, -0.2) is 23.8 Å². The van der Waals surface area contributed by atoms with E-state index >= 15 is 0 Å². The van der Waals surface area contributed by atoms with Crippen molar-refractivity contribution in [3.63, 3.8) is 0 Å². The lowest BCUT2D eigenvalue weighted by atomic mass is 9.74. The first-order valence-electron chi connectivity index (χ1n) is 5.11. The lowest BCUT2D eigenvalue weighted by Crippen LogP contribution is -2.54. The largest absolute Gasteiger partial charge is 0.394 e. The summed E-state index contributed by atoms with van der Waals surface area (Å²) in [4.78, 5) is 0. The van der Waals surface area contributed by atoms with Crippen molar-refractivity contribution < 1.29 is 5.11 Å². The molecule has 0 amide bonds. The van der Waals surface area contributed by atoms with E-state index in [2.05, 4.69) is 19.2 Å². The number of hydrogen-bond donors (Lipinski definition) is 2. The molecule has 0 aromatic heterocycles. The molecule has 1 rings (SSSR count). The second kappa shape index (κ2) is 4.24. The van der Waals surface area contributed by atoms with E-state index in [-0.39, 0.29) is 5.54 Å². The van der Waals surface area contributed by atoms with Gasteiger partial charge in [-0.2, -0.15) is 0 Å². The van der Waals surface area contributed by atoms with Gasteiger partial charge in [-0.25, -0.2) is 0 Å². The summed E-state index contributed by atoms with van der Waals surface area (Å²) in [6.07, 6.45) is 4.98. The van der Waals surface area contributed by atoms with Gasteiger partial charge in [0.2, 0.25) is 0 Å². The Morgan fingerprint density at radius 1 is 1.50 bits per heavy atom. The van der Waals surface area contributed by atoms with Crippen molar-refractivity contribution in [3.05, 3.63) is 0 Å². The highest BCUT2D eigenvalue weighted by Crippen LogP contribution is 2.32. The quantitative estimate of drug-likeness (QED) is 0.675. The van der Waals surface area contributed by atoms with E-state index in [9.17, 15) is 5.11 Å². The molecule has 2 unspecified atom stereocenters. The molecule has 0 heterocycles. The van der Waals surface area contributed by atoms with Crippen LogP contribution < -0.4 is 5.32 Å². The third-order valence-electron chi connectivity index (χ3n) is 3.26. The van der Waals surface area contributed by atoms with Gasteiger partial charge in [-0.3, -0.25) is 0 Å². The molecule has 0 saturated heterocycles. The molecule has 1 fully saturated rings. The van der Waals surface area contributed by atoms with Crippen LogP contribution in [0, 0.1) is 5.92 Å². The Kier molecular flexibility index (Phi) is 3.53. The molecular weight excluding hydrogens is 150 g/mol. The number of hydrogen-bond acceptors (Lipinski definition) is 2. The fourth-order valence-corrected chi connectivity index (χ4v) is 2.32. The zero-order chi connectivity index (χ0) is 9.03. The summed E-state index contributed by atoms with van der Waals surface area (Å²) < 4.78 is 0. The monoisotopic (exact) mass is 171 g/mol. The molecule has 1 aliphatic carbocycles. The third kappa shape index (κ3) is 1.80. The van der Waals surface area contributed by atoms with Gasteiger partial charge in [0, 0.05) is 5.54 Å². The number of aliphatic hydroxyl groups is 1. The fraction of sp³-hybridized carbons (Fsp3) is 1.00. The van der Waals surface area contributed by atoms with E-state index in [1.165, 1.54) is 19.3 Å². The molecule has 0 spiro atoms. The van der Waals surface area contributed by atoms with Gasteiger partial charge in [-0.1, -0.05) is 26.7 Å². The van der Waals surface area contributed by atoms with E-state index in [1.54, 1.807) is 0 Å². The highest BCUT2D eigenvalue weighted by Gasteiger charge is 2.36. The van der Waals surface area contributed by atoms with Gasteiger partial charge >= 0.3 is 0 Å². The Morgan fingerprint density at radius 2 is 2.25 bits per heavy atom. The molecule has 2 nitrogen and oxygen atoms in total. The molecule has 1 saturated carbocycles. The van der Waals surface area contributed by atoms with Crippen LogP contribution in [0.15, 0.2) is 0 Å². The number of likely N-dealkylation sites (N-methyl/N-ethyl adjacent to an activating group) is 1. The Labute approximate surface area is 75.4 Å². The molecule has 2 N–H and O–H groups in total. The second-order valence-corrected chi connectivity index (χ2v) is 3.99. The molecule has 0 aliphatic heterocycles. The summed E-state index contributed by atoms with van der Waals surface area (Å²) >= 11 is 0. The van der Waals surface area contributed by atoms with Gasteiger partial charge in [-0.05, 0) is 25.3 Å². The predicted octanol–water partition coefficient (Wildman–Crippen LogP) is 1.54. The van der Waals surface area contributed by atoms with Crippen LogP contribution in [0.1, 0.15) is 39.5 Å². The SMILES string of the molecule is CCNC1(CO)CCCCC1C. The second-order valence-electron chi connectivity index (χ2n) is 3.99. The normalized spacial score (nSPS) is 36.8. The summed E-state index contributed by atoms with van der Waals surface area (Å²) in [5, 5.41) is 12.8. The van der Waals surface area contributed by atoms with Gasteiger partial charge in [0.15, 0.2) is 0 Å². The lowest BCUT2D eigenvalue weighted by Gasteiger charge is -2.42. The summed E-state index contributed by atoms with van der Waals surface area (Å²) in [5.41, 5.74) is 0.0347. The fourth-order valence-electron chi connectivity index (χ4n) is 2.32. The van der Waals surface area contributed by atoms with Crippen LogP contribution in [0.2, 0.25) is 0 Å². The zero-order valence-corrected chi connectivity index (χ0v) is 8.27. The average Bonchev–Trinajstić information content (AvgIpc) is 2.10. The van der Waals surface area contributed by atoms with Crippen molar-refractivity contribution in [1.29, 1.82) is 0 Å². The maximum Gasteiger partial charge on any atom is 0.0615 e. The minimum atomic E-state index is 0.0347. The summed E-state index contributed by atoms with van der Waals surface area (Å²) in [7, 11) is 0. The van der Waals surface area contributed by atoms with Gasteiger partial charge in [0.05, 0.1) is 6.61 Å². The van der Waals surface area contributed by atoms with Crippen LogP contribution in [-0.2, 0) is 0 Å². The Bertz CT molecular complexity index is 134. The van der Waals surface area contributed by atoms with Crippen molar-refractivity contribution in [2.24, 2.45) is 5.92 Å². The van der Waals surface area contributed by atoms with Crippen molar-refractivity contribution in [3.8, 4) is 0 Å². The van der Waals surface area contributed by atoms with Gasteiger partial charge in [-0.15, -0.1) is 0 Å². The van der Waals surface area contributed by atoms with Crippen molar-refractivity contribution in [2.45, 2.75) is 45.1 Å². The van der Waals surface area contributed by atoms with Gasteiger partial charge in [0.25, 0.3) is 0 Å². The highest BCUT2D eigenvalue weighted by atomic mass is 16.3. The van der Waals surface area contributed by atoms with E-state index in [4.69, 9.17) is 0 Å². The number of aliphatic hydroxyl groups excluding tert-OH is 1. The van der Waals surface area contributed by atoms with Crippen molar-refractivity contribution in [1.82, 2.24) is 5.32 Å². The van der Waals surface area contributed by atoms with E-state index in [0.717, 1.165) is 13.0 Å². The molecule has 0 bridgehead atoms. The zero-order valence-electron chi connectivity index (χ0n) is 8.27. The summed E-state index contributed by atoms with van der Waals surface area (Å²) in [6, 6.07) is 0. The smallest absolute Gasteiger partial charge is 0.0615 e. The van der Waals surface area contributed by atoms with Gasteiger partial charge < -0.3 is 10.4 Å².